The number of rotatable bonds is 1. The Labute approximate surface area is 69.7 Å². The van der Waals surface area contributed by atoms with E-state index in [1.807, 2.05) is 17.6 Å². The van der Waals surface area contributed by atoms with Gasteiger partial charge in [0.25, 0.3) is 0 Å². The Morgan fingerprint density at radius 2 is 2.36 bits per heavy atom. The standard InChI is InChI=1S/C9H8NS/c1-2-7-4-3-5-8-9(7)11-6-10-8/h3-6H,1-2H2. The molecule has 2 heteroatoms. The van der Waals surface area contributed by atoms with Gasteiger partial charge in [-0.1, -0.05) is 12.1 Å². The van der Waals surface area contributed by atoms with Gasteiger partial charge in [-0.25, -0.2) is 4.98 Å². The smallest absolute Gasteiger partial charge is 0.0814 e. The van der Waals surface area contributed by atoms with Crippen molar-refractivity contribution >= 4 is 21.6 Å². The molecule has 0 saturated heterocycles. The maximum absolute atomic E-state index is 4.22. The highest BCUT2D eigenvalue weighted by Crippen LogP contribution is 2.21. The number of fused-ring (bicyclic) bond motifs is 1. The SMILES string of the molecule is [CH2]Cc1cccc2ncsc12. The number of thiazole rings is 1. The van der Waals surface area contributed by atoms with Crippen molar-refractivity contribution in [3.05, 3.63) is 36.2 Å². The summed E-state index contributed by atoms with van der Waals surface area (Å²) in [7, 11) is 0. The lowest BCUT2D eigenvalue weighted by atomic mass is 10.2. The zero-order valence-electron chi connectivity index (χ0n) is 6.08. The van der Waals surface area contributed by atoms with Crippen LogP contribution in [-0.2, 0) is 6.42 Å². The zero-order valence-corrected chi connectivity index (χ0v) is 6.90. The lowest BCUT2D eigenvalue weighted by Crippen LogP contribution is -1.78. The van der Waals surface area contributed by atoms with Gasteiger partial charge in [0.2, 0.25) is 0 Å². The molecule has 1 aromatic heterocycles. The van der Waals surface area contributed by atoms with Gasteiger partial charge >= 0.3 is 0 Å². The first-order valence-electron chi connectivity index (χ1n) is 3.52. The number of aromatic nitrogens is 1. The van der Waals surface area contributed by atoms with Crippen molar-refractivity contribution in [3.63, 3.8) is 0 Å². The molecular weight excluding hydrogens is 154 g/mol. The average molecular weight is 162 g/mol. The molecule has 0 amide bonds. The summed E-state index contributed by atoms with van der Waals surface area (Å²) in [5.74, 6) is 0. The molecule has 0 aliphatic rings. The molecule has 1 nitrogen and oxygen atoms in total. The highest BCUT2D eigenvalue weighted by atomic mass is 32.1. The summed E-state index contributed by atoms with van der Waals surface area (Å²) in [6.45, 7) is 3.86. The maximum Gasteiger partial charge on any atom is 0.0814 e. The first-order valence-corrected chi connectivity index (χ1v) is 4.40. The summed E-state index contributed by atoms with van der Waals surface area (Å²) in [5.41, 5.74) is 4.27. The van der Waals surface area contributed by atoms with E-state index in [9.17, 15) is 0 Å². The Morgan fingerprint density at radius 1 is 1.45 bits per heavy atom. The van der Waals surface area contributed by atoms with Crippen LogP contribution in [0, 0.1) is 6.92 Å². The lowest BCUT2D eigenvalue weighted by Gasteiger charge is -1.95. The molecule has 0 atom stereocenters. The van der Waals surface area contributed by atoms with Crippen molar-refractivity contribution in [1.29, 1.82) is 0 Å². The van der Waals surface area contributed by atoms with Crippen LogP contribution in [0.4, 0.5) is 0 Å². The summed E-state index contributed by atoms with van der Waals surface area (Å²) in [6.07, 6.45) is 0.847. The number of benzene rings is 1. The van der Waals surface area contributed by atoms with E-state index in [2.05, 4.69) is 18.0 Å². The molecule has 0 spiro atoms. The third-order valence-electron chi connectivity index (χ3n) is 1.71. The van der Waals surface area contributed by atoms with E-state index in [1.165, 1.54) is 10.3 Å². The van der Waals surface area contributed by atoms with Crippen molar-refractivity contribution in [2.45, 2.75) is 6.42 Å². The summed E-state index contributed by atoms with van der Waals surface area (Å²) >= 11 is 1.69. The highest BCUT2D eigenvalue weighted by Gasteiger charge is 1.99. The lowest BCUT2D eigenvalue weighted by molar-refractivity contribution is 1.31. The molecule has 0 bridgehead atoms. The molecule has 2 aromatic rings. The van der Waals surface area contributed by atoms with Gasteiger partial charge in [0.15, 0.2) is 0 Å². The van der Waals surface area contributed by atoms with E-state index in [-0.39, 0.29) is 0 Å². The largest absolute Gasteiger partial charge is 0.245 e. The van der Waals surface area contributed by atoms with Crippen LogP contribution in [0.25, 0.3) is 10.2 Å². The van der Waals surface area contributed by atoms with Gasteiger partial charge < -0.3 is 0 Å². The fourth-order valence-electron chi connectivity index (χ4n) is 1.14. The molecule has 1 aromatic carbocycles. The molecule has 1 heterocycles. The number of nitrogens with zero attached hydrogens (tertiary/aromatic N) is 1. The van der Waals surface area contributed by atoms with Gasteiger partial charge in [0.05, 0.1) is 15.7 Å². The predicted molar refractivity (Wildman–Crippen MR) is 48.7 cm³/mol. The van der Waals surface area contributed by atoms with E-state index in [0.29, 0.717) is 0 Å². The number of hydrogen-bond acceptors (Lipinski definition) is 2. The van der Waals surface area contributed by atoms with Gasteiger partial charge in [-0.3, -0.25) is 0 Å². The second-order valence-corrected chi connectivity index (χ2v) is 3.22. The topological polar surface area (TPSA) is 12.9 Å². The molecule has 0 unspecified atom stereocenters. The van der Waals surface area contributed by atoms with E-state index in [1.54, 1.807) is 11.3 Å². The van der Waals surface area contributed by atoms with Gasteiger partial charge in [0.1, 0.15) is 0 Å². The van der Waals surface area contributed by atoms with Gasteiger partial charge in [-0.15, -0.1) is 11.3 Å². The average Bonchev–Trinajstić information content (AvgIpc) is 2.50. The Balaban J connectivity index is 2.79. The molecule has 0 aliphatic carbocycles. The van der Waals surface area contributed by atoms with Crippen LogP contribution in [0.1, 0.15) is 5.56 Å². The third kappa shape index (κ3) is 1.03. The molecule has 0 saturated carbocycles. The Bertz CT molecular complexity index is 364. The summed E-state index contributed by atoms with van der Waals surface area (Å²) in [6, 6.07) is 6.17. The first kappa shape index (κ1) is 6.80. The zero-order chi connectivity index (χ0) is 7.68. The fourth-order valence-corrected chi connectivity index (χ4v) is 1.98. The maximum atomic E-state index is 4.22. The van der Waals surface area contributed by atoms with Crippen molar-refractivity contribution in [1.82, 2.24) is 4.98 Å². The minimum Gasteiger partial charge on any atom is -0.245 e. The molecule has 2 rings (SSSR count). The summed E-state index contributed by atoms with van der Waals surface area (Å²) in [4.78, 5) is 4.22. The van der Waals surface area contributed by atoms with Crippen molar-refractivity contribution in [3.8, 4) is 0 Å². The first-order chi connectivity index (χ1) is 5.42. The molecule has 11 heavy (non-hydrogen) atoms. The van der Waals surface area contributed by atoms with E-state index in [0.717, 1.165) is 11.9 Å². The van der Waals surface area contributed by atoms with Crippen LogP contribution in [0.5, 0.6) is 0 Å². The monoisotopic (exact) mass is 162 g/mol. The Morgan fingerprint density at radius 3 is 3.18 bits per heavy atom. The van der Waals surface area contributed by atoms with Crippen molar-refractivity contribution in [2.75, 3.05) is 0 Å². The molecular formula is C9H8NS. The second-order valence-electron chi connectivity index (χ2n) is 2.37. The van der Waals surface area contributed by atoms with Gasteiger partial charge in [0, 0.05) is 0 Å². The Hall–Kier alpha value is -0.890. The molecule has 1 radical (unpaired) electrons. The third-order valence-corrected chi connectivity index (χ3v) is 2.63. The second kappa shape index (κ2) is 2.62. The van der Waals surface area contributed by atoms with Crippen LogP contribution in [0.3, 0.4) is 0 Å². The van der Waals surface area contributed by atoms with Crippen LogP contribution in [0.2, 0.25) is 0 Å². The van der Waals surface area contributed by atoms with E-state index >= 15 is 0 Å². The molecule has 0 N–H and O–H groups in total. The minimum absolute atomic E-state index is 0.847. The van der Waals surface area contributed by atoms with Crippen molar-refractivity contribution < 1.29 is 0 Å². The predicted octanol–water partition coefficient (Wildman–Crippen LogP) is 2.67. The number of hydrogen-bond donors (Lipinski definition) is 0. The van der Waals surface area contributed by atoms with E-state index < -0.39 is 0 Å². The molecule has 0 fully saturated rings. The fraction of sp³-hybridized carbons (Fsp3) is 0.111. The summed E-state index contributed by atoms with van der Waals surface area (Å²) < 4.78 is 1.28. The van der Waals surface area contributed by atoms with E-state index in [4.69, 9.17) is 0 Å². The van der Waals surface area contributed by atoms with Gasteiger partial charge in [-0.2, -0.15) is 0 Å². The van der Waals surface area contributed by atoms with Crippen LogP contribution >= 0.6 is 11.3 Å². The van der Waals surface area contributed by atoms with Crippen LogP contribution in [0.15, 0.2) is 23.7 Å². The highest BCUT2D eigenvalue weighted by molar-refractivity contribution is 7.16. The van der Waals surface area contributed by atoms with Gasteiger partial charge in [-0.05, 0) is 25.0 Å². The minimum atomic E-state index is 0.847. The van der Waals surface area contributed by atoms with Crippen LogP contribution in [-0.4, -0.2) is 4.98 Å². The molecule has 55 valence electrons. The van der Waals surface area contributed by atoms with Crippen LogP contribution < -0.4 is 0 Å². The van der Waals surface area contributed by atoms with Crippen molar-refractivity contribution in [2.24, 2.45) is 0 Å². The Kier molecular flexibility index (Phi) is 1.62. The molecule has 0 aliphatic heterocycles. The normalized spacial score (nSPS) is 10.6. The quantitative estimate of drug-likeness (QED) is 0.628. The summed E-state index contributed by atoms with van der Waals surface area (Å²) in [5, 5.41) is 0.